The second kappa shape index (κ2) is 11.6. The molecule has 0 spiro atoms. The van der Waals surface area contributed by atoms with E-state index >= 15 is 0 Å². The van der Waals surface area contributed by atoms with E-state index in [1.54, 1.807) is 46.9 Å². The standard InChI is InChI=1S/C27H26Cl2N4O3/c1-3-24(32(15-16-36-2)27(35)31-23-14-13-18(28)17-21(23)29)25-30-22-12-8-7-11-20(22)26(34)33(25)19-9-5-4-6-10-19/h4-14,17,24H,3,15-16H2,1-2H3,(H,31,35). The second-order valence-electron chi connectivity index (χ2n) is 8.13. The highest BCUT2D eigenvalue weighted by atomic mass is 35.5. The smallest absolute Gasteiger partial charge is 0.322 e. The lowest BCUT2D eigenvalue weighted by Gasteiger charge is -2.32. The van der Waals surface area contributed by atoms with Gasteiger partial charge in [0.05, 0.1) is 39.9 Å². The summed E-state index contributed by atoms with van der Waals surface area (Å²) in [5.74, 6) is 0.459. The predicted octanol–water partition coefficient (Wildman–Crippen LogP) is 6.32. The molecule has 1 heterocycles. The maximum Gasteiger partial charge on any atom is 0.322 e. The van der Waals surface area contributed by atoms with Crippen LogP contribution in [0.4, 0.5) is 10.5 Å². The number of carbonyl (C=O) groups excluding carboxylic acids is 1. The zero-order chi connectivity index (χ0) is 25.7. The topological polar surface area (TPSA) is 76.5 Å². The van der Waals surface area contributed by atoms with E-state index in [2.05, 4.69) is 5.32 Å². The summed E-state index contributed by atoms with van der Waals surface area (Å²) in [6.45, 7) is 2.51. The molecule has 1 aromatic heterocycles. The van der Waals surface area contributed by atoms with Crippen molar-refractivity contribution in [3.63, 3.8) is 0 Å². The van der Waals surface area contributed by atoms with Gasteiger partial charge in [-0.25, -0.2) is 9.78 Å². The summed E-state index contributed by atoms with van der Waals surface area (Å²) >= 11 is 12.3. The third-order valence-electron chi connectivity index (χ3n) is 5.85. The van der Waals surface area contributed by atoms with Crippen LogP contribution in [-0.4, -0.2) is 40.7 Å². The van der Waals surface area contributed by atoms with Crippen molar-refractivity contribution in [1.29, 1.82) is 0 Å². The number of fused-ring (bicyclic) bond motifs is 1. The van der Waals surface area contributed by atoms with Crippen LogP contribution in [-0.2, 0) is 4.74 Å². The lowest BCUT2D eigenvalue weighted by Crippen LogP contribution is -2.42. The van der Waals surface area contributed by atoms with Gasteiger partial charge in [-0.3, -0.25) is 9.36 Å². The summed E-state index contributed by atoms with van der Waals surface area (Å²) < 4.78 is 6.88. The number of carbonyl (C=O) groups is 1. The molecule has 1 unspecified atom stereocenters. The lowest BCUT2D eigenvalue weighted by molar-refractivity contribution is 0.131. The Morgan fingerprint density at radius 3 is 2.50 bits per heavy atom. The number of amides is 2. The van der Waals surface area contributed by atoms with Gasteiger partial charge in [-0.15, -0.1) is 0 Å². The van der Waals surface area contributed by atoms with Crippen molar-refractivity contribution >= 4 is 45.8 Å². The number of nitrogens with one attached hydrogen (secondary N) is 1. The number of halogens is 2. The van der Waals surface area contributed by atoms with Gasteiger partial charge in [0.1, 0.15) is 5.82 Å². The van der Waals surface area contributed by atoms with Crippen LogP contribution in [0.5, 0.6) is 0 Å². The molecule has 186 valence electrons. The Kier molecular flexibility index (Phi) is 8.25. The van der Waals surface area contributed by atoms with Crippen LogP contribution in [0.2, 0.25) is 10.0 Å². The number of nitrogens with zero attached hydrogens (tertiary/aromatic N) is 3. The Bertz CT molecular complexity index is 1430. The summed E-state index contributed by atoms with van der Waals surface area (Å²) in [5, 5.41) is 4.15. The molecule has 3 aromatic carbocycles. The Labute approximate surface area is 219 Å². The average Bonchev–Trinajstić information content (AvgIpc) is 2.88. The highest BCUT2D eigenvalue weighted by Gasteiger charge is 2.29. The second-order valence-corrected chi connectivity index (χ2v) is 8.97. The van der Waals surface area contributed by atoms with E-state index in [1.165, 1.54) is 0 Å². The van der Waals surface area contributed by atoms with Crippen LogP contribution in [0.25, 0.3) is 16.6 Å². The third-order valence-corrected chi connectivity index (χ3v) is 6.39. The van der Waals surface area contributed by atoms with Crippen molar-refractivity contribution in [3.8, 4) is 5.69 Å². The molecular weight excluding hydrogens is 499 g/mol. The molecule has 0 aliphatic carbocycles. The van der Waals surface area contributed by atoms with Gasteiger partial charge >= 0.3 is 6.03 Å². The number of hydrogen-bond donors (Lipinski definition) is 1. The zero-order valence-corrected chi connectivity index (χ0v) is 21.5. The Morgan fingerprint density at radius 2 is 1.81 bits per heavy atom. The van der Waals surface area contributed by atoms with Crippen LogP contribution in [0.1, 0.15) is 25.2 Å². The highest BCUT2D eigenvalue weighted by molar-refractivity contribution is 6.36. The molecule has 36 heavy (non-hydrogen) atoms. The predicted molar refractivity (Wildman–Crippen MR) is 144 cm³/mol. The fourth-order valence-electron chi connectivity index (χ4n) is 4.11. The first kappa shape index (κ1) is 25.7. The average molecular weight is 525 g/mol. The minimum absolute atomic E-state index is 0.201. The van der Waals surface area contributed by atoms with Crippen LogP contribution in [0.3, 0.4) is 0 Å². The molecule has 1 atom stereocenters. The molecule has 0 radical (unpaired) electrons. The quantitative estimate of drug-likeness (QED) is 0.292. The van der Waals surface area contributed by atoms with E-state index in [0.717, 1.165) is 0 Å². The number of ether oxygens (including phenoxy) is 1. The van der Waals surface area contributed by atoms with Gasteiger partial charge in [0.2, 0.25) is 0 Å². The molecule has 9 heteroatoms. The summed E-state index contributed by atoms with van der Waals surface area (Å²) in [5.41, 5.74) is 1.46. The van der Waals surface area contributed by atoms with Crippen molar-refractivity contribution in [2.24, 2.45) is 0 Å². The van der Waals surface area contributed by atoms with Crippen molar-refractivity contribution in [2.45, 2.75) is 19.4 Å². The largest absolute Gasteiger partial charge is 0.383 e. The molecule has 7 nitrogen and oxygen atoms in total. The third kappa shape index (κ3) is 5.38. The first-order valence-corrected chi connectivity index (χ1v) is 12.3. The van der Waals surface area contributed by atoms with E-state index in [0.29, 0.717) is 51.2 Å². The van der Waals surface area contributed by atoms with E-state index in [4.69, 9.17) is 32.9 Å². The molecule has 2 amide bonds. The van der Waals surface area contributed by atoms with Crippen molar-refractivity contribution < 1.29 is 9.53 Å². The normalized spacial score (nSPS) is 11.9. The number of anilines is 1. The van der Waals surface area contributed by atoms with Crippen LogP contribution >= 0.6 is 23.2 Å². The summed E-state index contributed by atoms with van der Waals surface area (Å²) in [7, 11) is 1.57. The number of hydrogen-bond acceptors (Lipinski definition) is 4. The van der Waals surface area contributed by atoms with E-state index in [1.807, 2.05) is 49.4 Å². The van der Waals surface area contributed by atoms with Crippen LogP contribution in [0, 0.1) is 0 Å². The molecule has 0 bridgehead atoms. The van der Waals surface area contributed by atoms with Crippen LogP contribution in [0.15, 0.2) is 77.6 Å². The highest BCUT2D eigenvalue weighted by Crippen LogP contribution is 2.29. The van der Waals surface area contributed by atoms with Gasteiger partial charge in [0.15, 0.2) is 0 Å². The maximum atomic E-state index is 13.7. The summed E-state index contributed by atoms with van der Waals surface area (Å²) in [4.78, 5) is 33.8. The minimum Gasteiger partial charge on any atom is -0.383 e. The molecule has 0 saturated carbocycles. The number of methoxy groups -OCH3 is 1. The van der Waals surface area contributed by atoms with Gasteiger partial charge in [0.25, 0.3) is 5.56 Å². The van der Waals surface area contributed by atoms with Crippen LogP contribution < -0.4 is 10.9 Å². The van der Waals surface area contributed by atoms with Gasteiger partial charge in [-0.2, -0.15) is 0 Å². The summed E-state index contributed by atoms with van der Waals surface area (Å²) in [6, 6.07) is 20.4. The van der Waals surface area contributed by atoms with E-state index in [9.17, 15) is 9.59 Å². The first-order valence-electron chi connectivity index (χ1n) is 11.5. The molecule has 4 aromatic rings. The Morgan fingerprint density at radius 1 is 1.08 bits per heavy atom. The molecule has 4 rings (SSSR count). The number of urea groups is 1. The number of rotatable bonds is 8. The zero-order valence-electron chi connectivity index (χ0n) is 19.9. The fourth-order valence-corrected chi connectivity index (χ4v) is 4.56. The Balaban J connectivity index is 1.85. The molecule has 0 aliphatic heterocycles. The molecular formula is C27H26Cl2N4O3. The minimum atomic E-state index is -0.538. The maximum absolute atomic E-state index is 13.7. The number of aromatic nitrogens is 2. The van der Waals surface area contributed by atoms with Gasteiger partial charge < -0.3 is 15.0 Å². The van der Waals surface area contributed by atoms with Gasteiger partial charge in [-0.1, -0.05) is 60.5 Å². The fraction of sp³-hybridized carbons (Fsp3) is 0.222. The molecule has 1 N–H and O–H groups in total. The monoisotopic (exact) mass is 524 g/mol. The Hall–Kier alpha value is -3.39. The first-order chi connectivity index (χ1) is 17.4. The number of benzene rings is 3. The van der Waals surface area contributed by atoms with Crippen molar-refractivity contribution in [1.82, 2.24) is 14.5 Å². The molecule has 0 fully saturated rings. The van der Waals surface area contributed by atoms with E-state index in [-0.39, 0.29) is 12.1 Å². The van der Waals surface area contributed by atoms with E-state index < -0.39 is 12.1 Å². The molecule has 0 aliphatic rings. The SMILES string of the molecule is CCC(c1nc2ccccc2c(=O)n1-c1ccccc1)N(CCOC)C(=O)Nc1ccc(Cl)cc1Cl. The van der Waals surface area contributed by atoms with Crippen molar-refractivity contribution in [3.05, 3.63) is 99.0 Å². The molecule has 0 saturated heterocycles. The lowest BCUT2D eigenvalue weighted by atomic mass is 10.1. The van der Waals surface area contributed by atoms with Gasteiger partial charge in [-0.05, 0) is 48.9 Å². The number of para-hydroxylation sites is 2. The summed E-state index contributed by atoms with van der Waals surface area (Å²) in [6.07, 6.45) is 0.503. The van der Waals surface area contributed by atoms with Crippen molar-refractivity contribution in [2.75, 3.05) is 25.6 Å². The van der Waals surface area contributed by atoms with Gasteiger partial charge in [0, 0.05) is 18.7 Å².